The minimum atomic E-state index is -0.607. The first-order valence-electron chi connectivity index (χ1n) is 18.0. The monoisotopic (exact) mass is 640 g/mol. The molecule has 0 radical (unpaired) electrons. The van der Waals surface area contributed by atoms with Gasteiger partial charge >= 0.3 is 11.9 Å². The molecule has 0 aromatic carbocycles. The molecule has 10 atom stereocenters. The van der Waals surface area contributed by atoms with Gasteiger partial charge in [0, 0.05) is 21.0 Å². The zero-order valence-electron chi connectivity index (χ0n) is 29.8. The Morgan fingerprint density at radius 2 is 1.80 bits per heavy atom. The first-order valence-corrected chi connectivity index (χ1v) is 18.0. The van der Waals surface area contributed by atoms with E-state index in [0.717, 1.165) is 49.9 Å². The topological polar surface area (TPSA) is 80.3 Å². The Morgan fingerprint density at radius 3 is 2.52 bits per heavy atom. The molecule has 258 valence electrons. The maximum absolute atomic E-state index is 11.6. The predicted molar refractivity (Wildman–Crippen MR) is 179 cm³/mol. The van der Waals surface area contributed by atoms with Gasteiger partial charge in [-0.1, -0.05) is 37.1 Å². The quantitative estimate of drug-likeness (QED) is 0.128. The van der Waals surface area contributed by atoms with Crippen molar-refractivity contribution < 1.29 is 33.3 Å². The Bertz CT molecular complexity index is 1200. The zero-order valence-corrected chi connectivity index (χ0v) is 29.8. The minimum Gasteiger partial charge on any atom is -0.463 e. The van der Waals surface area contributed by atoms with Crippen LogP contribution >= 0.6 is 0 Å². The molecule has 3 saturated carbocycles. The van der Waals surface area contributed by atoms with Crippen molar-refractivity contribution in [2.24, 2.45) is 34.5 Å². The maximum Gasteiger partial charge on any atom is 0.303 e. The molecule has 0 spiro atoms. The molecule has 7 nitrogen and oxygen atoms in total. The summed E-state index contributed by atoms with van der Waals surface area (Å²) in [5, 5.41) is 0. The lowest BCUT2D eigenvalue weighted by atomic mass is 9.47. The van der Waals surface area contributed by atoms with E-state index < -0.39 is 30.4 Å². The van der Waals surface area contributed by atoms with Gasteiger partial charge < -0.3 is 23.7 Å². The van der Waals surface area contributed by atoms with Crippen LogP contribution in [0.1, 0.15) is 119 Å². The van der Waals surface area contributed by atoms with Gasteiger partial charge in [-0.2, -0.15) is 0 Å². The van der Waals surface area contributed by atoms with Crippen LogP contribution in [0.3, 0.4) is 0 Å². The van der Waals surface area contributed by atoms with E-state index in [1.165, 1.54) is 52.4 Å². The molecule has 5 rings (SSSR count). The summed E-state index contributed by atoms with van der Waals surface area (Å²) in [6.45, 7) is 14.7. The van der Waals surface area contributed by atoms with E-state index in [0.29, 0.717) is 11.3 Å². The molecular weight excluding hydrogens is 580 g/mol. The number of esters is 2. The van der Waals surface area contributed by atoms with Gasteiger partial charge in [-0.05, 0) is 138 Å². The highest BCUT2D eigenvalue weighted by Gasteiger charge is 2.58. The van der Waals surface area contributed by atoms with Crippen LogP contribution in [-0.2, 0) is 33.3 Å². The average Bonchev–Trinajstić information content (AvgIpc) is 3.36. The van der Waals surface area contributed by atoms with Crippen molar-refractivity contribution in [2.45, 2.75) is 149 Å². The van der Waals surface area contributed by atoms with E-state index in [9.17, 15) is 9.59 Å². The van der Waals surface area contributed by atoms with E-state index in [-0.39, 0.29) is 23.7 Å². The van der Waals surface area contributed by atoms with E-state index in [1.54, 1.807) is 17.2 Å². The van der Waals surface area contributed by atoms with Crippen molar-refractivity contribution in [1.29, 1.82) is 0 Å². The molecule has 3 fully saturated rings. The molecule has 4 aliphatic carbocycles. The SMILES string of the molecule is COC(C)(C)CCC/C=C(\C)[C@H]1CC[C@H]2[C@@H]3CC=C4C[C@@H](OC5C=C[C@H](OC(C)=O)[C@@H](COC(C)=O)O5)CC[C@]4(C)[C@H]3CC[C@]12C. The van der Waals surface area contributed by atoms with E-state index >= 15 is 0 Å². The summed E-state index contributed by atoms with van der Waals surface area (Å²) in [5.41, 5.74) is 3.82. The maximum atomic E-state index is 11.6. The van der Waals surface area contributed by atoms with Crippen molar-refractivity contribution in [3.63, 3.8) is 0 Å². The minimum absolute atomic E-state index is 0.0113. The van der Waals surface area contributed by atoms with E-state index in [2.05, 4.69) is 46.8 Å². The molecule has 0 bridgehead atoms. The van der Waals surface area contributed by atoms with Crippen LogP contribution in [0.4, 0.5) is 0 Å². The molecule has 0 aromatic heterocycles. The fourth-order valence-corrected chi connectivity index (χ4v) is 10.1. The largest absolute Gasteiger partial charge is 0.463 e. The molecule has 0 saturated heterocycles. The van der Waals surface area contributed by atoms with Crippen molar-refractivity contribution in [2.75, 3.05) is 13.7 Å². The summed E-state index contributed by atoms with van der Waals surface area (Å²) in [5.74, 6) is 2.23. The Kier molecular flexibility index (Phi) is 11.0. The molecule has 0 N–H and O–H groups in total. The van der Waals surface area contributed by atoms with Gasteiger partial charge in [0.15, 0.2) is 6.29 Å². The number of hydrogen-bond donors (Lipinski definition) is 0. The van der Waals surface area contributed by atoms with Gasteiger partial charge in [-0.3, -0.25) is 9.59 Å². The van der Waals surface area contributed by atoms with Crippen LogP contribution < -0.4 is 0 Å². The third kappa shape index (κ3) is 7.52. The summed E-state index contributed by atoms with van der Waals surface area (Å²) < 4.78 is 28.9. The molecule has 0 aromatic rings. The summed E-state index contributed by atoms with van der Waals surface area (Å²) >= 11 is 0. The Morgan fingerprint density at radius 1 is 1.02 bits per heavy atom. The average molecular weight is 641 g/mol. The Hall–Kier alpha value is -1.96. The van der Waals surface area contributed by atoms with Crippen LogP contribution in [0.2, 0.25) is 0 Å². The van der Waals surface area contributed by atoms with Crippen molar-refractivity contribution >= 4 is 11.9 Å². The van der Waals surface area contributed by atoms with Gasteiger partial charge in [0.25, 0.3) is 0 Å². The number of carbonyl (C=O) groups excluding carboxylic acids is 2. The molecule has 46 heavy (non-hydrogen) atoms. The van der Waals surface area contributed by atoms with E-state index in [1.807, 2.05) is 13.2 Å². The first-order chi connectivity index (χ1) is 21.8. The second-order valence-corrected chi connectivity index (χ2v) is 16.0. The molecule has 0 amide bonds. The van der Waals surface area contributed by atoms with Crippen LogP contribution in [0.15, 0.2) is 35.5 Å². The molecular formula is C39H60O7. The number of ether oxygens (including phenoxy) is 5. The van der Waals surface area contributed by atoms with Crippen LogP contribution in [0.25, 0.3) is 0 Å². The highest BCUT2D eigenvalue weighted by molar-refractivity contribution is 5.66. The number of hydrogen-bond acceptors (Lipinski definition) is 7. The standard InChI is InChI=1S/C39H60O7/c1-25(11-9-10-20-37(4,5)42-8)31-14-15-32-30-13-12-28-23-29(18-21-38(28,6)33(30)19-22-39(31,32)7)45-36-17-16-34(44-27(3)41)35(46-36)24-43-26(2)40/h11-12,16-17,29-36H,9-10,13-15,18-24H2,1-8H3/b25-11+/t29-,30-,31+,32-,33-,34-,35+,36?,38-,39+/m0/s1. The lowest BCUT2D eigenvalue weighted by Crippen LogP contribution is -2.51. The lowest BCUT2D eigenvalue weighted by molar-refractivity contribution is -0.213. The fraction of sp³-hybridized carbons (Fsp3) is 0.795. The predicted octanol–water partition coefficient (Wildman–Crippen LogP) is 8.27. The van der Waals surface area contributed by atoms with Gasteiger partial charge in [-0.15, -0.1) is 0 Å². The van der Waals surface area contributed by atoms with Crippen LogP contribution in [0.5, 0.6) is 0 Å². The number of fused-ring (bicyclic) bond motifs is 5. The number of carbonyl (C=O) groups is 2. The number of unbranched alkanes of at least 4 members (excludes halogenated alkanes) is 1. The second-order valence-electron chi connectivity index (χ2n) is 16.0. The van der Waals surface area contributed by atoms with Crippen molar-refractivity contribution in [1.82, 2.24) is 0 Å². The smallest absolute Gasteiger partial charge is 0.303 e. The molecule has 7 heteroatoms. The number of allylic oxidation sites excluding steroid dienone is 3. The van der Waals surface area contributed by atoms with Gasteiger partial charge in [0.05, 0.1) is 11.7 Å². The van der Waals surface area contributed by atoms with Crippen LogP contribution in [0, 0.1) is 34.5 Å². The highest BCUT2D eigenvalue weighted by Crippen LogP contribution is 2.67. The molecule has 1 heterocycles. The summed E-state index contributed by atoms with van der Waals surface area (Å²) in [4.78, 5) is 23.0. The summed E-state index contributed by atoms with van der Waals surface area (Å²) in [6.07, 6.45) is 20.1. The number of rotatable bonds is 11. The van der Waals surface area contributed by atoms with Gasteiger partial charge in [0.2, 0.25) is 0 Å². The van der Waals surface area contributed by atoms with Crippen molar-refractivity contribution in [3.8, 4) is 0 Å². The normalized spacial score (nSPS) is 39.1. The number of methoxy groups -OCH3 is 1. The highest BCUT2D eigenvalue weighted by atomic mass is 16.7. The Balaban J connectivity index is 1.20. The zero-order chi connectivity index (χ0) is 33.3. The summed E-state index contributed by atoms with van der Waals surface area (Å²) in [6, 6.07) is 0. The molecule has 1 unspecified atom stereocenters. The molecule has 1 aliphatic heterocycles. The van der Waals surface area contributed by atoms with Crippen molar-refractivity contribution in [3.05, 3.63) is 35.5 Å². The summed E-state index contributed by atoms with van der Waals surface area (Å²) in [7, 11) is 1.82. The van der Waals surface area contributed by atoms with Gasteiger partial charge in [-0.25, -0.2) is 0 Å². The lowest BCUT2D eigenvalue weighted by Gasteiger charge is -2.58. The second kappa shape index (κ2) is 14.3. The van der Waals surface area contributed by atoms with Gasteiger partial charge in [0.1, 0.15) is 18.8 Å². The van der Waals surface area contributed by atoms with Crippen LogP contribution in [-0.4, -0.2) is 55.9 Å². The van der Waals surface area contributed by atoms with E-state index in [4.69, 9.17) is 23.7 Å². The molecule has 5 aliphatic rings. The third-order valence-electron chi connectivity index (χ3n) is 12.8. The fourth-order valence-electron chi connectivity index (χ4n) is 10.1. The first kappa shape index (κ1) is 35.3. The third-order valence-corrected chi connectivity index (χ3v) is 12.8. The Labute approximate surface area is 277 Å².